The van der Waals surface area contributed by atoms with E-state index in [4.69, 9.17) is 11.6 Å². The van der Waals surface area contributed by atoms with Crippen LogP contribution in [0.3, 0.4) is 0 Å². The van der Waals surface area contributed by atoms with Crippen molar-refractivity contribution in [2.45, 2.75) is 64.4 Å². The Balaban J connectivity index is 3.22. The van der Waals surface area contributed by atoms with Crippen molar-refractivity contribution in [1.82, 2.24) is 14.1 Å². The molecule has 0 N–H and O–H groups in total. The molecule has 21 heavy (non-hydrogen) atoms. The Labute approximate surface area is 133 Å². The van der Waals surface area contributed by atoms with Crippen molar-refractivity contribution in [3.05, 3.63) is 11.4 Å². The molecule has 0 aliphatic heterocycles. The highest BCUT2D eigenvalue weighted by molar-refractivity contribution is 7.89. The Morgan fingerprint density at radius 1 is 1.29 bits per heavy atom. The van der Waals surface area contributed by atoms with Crippen LogP contribution in [0, 0.1) is 13.8 Å². The third-order valence-corrected chi connectivity index (χ3v) is 6.34. The normalized spacial score (nSPS) is 12.6. The quantitative estimate of drug-likeness (QED) is 0.686. The second-order valence-electron chi connectivity index (χ2n) is 5.26. The van der Waals surface area contributed by atoms with Crippen LogP contribution in [-0.4, -0.2) is 41.5 Å². The molecule has 0 unspecified atom stereocenters. The number of aromatic nitrogens is 2. The molecule has 0 saturated heterocycles. The van der Waals surface area contributed by atoms with E-state index in [9.17, 15) is 8.42 Å². The van der Waals surface area contributed by atoms with Gasteiger partial charge in [-0.25, -0.2) is 8.42 Å². The van der Waals surface area contributed by atoms with E-state index >= 15 is 0 Å². The number of hydrogen-bond acceptors (Lipinski definition) is 3. The number of rotatable bonds is 8. The van der Waals surface area contributed by atoms with Crippen molar-refractivity contribution >= 4 is 21.6 Å². The summed E-state index contributed by atoms with van der Waals surface area (Å²) in [5.74, 6) is 0.536. The minimum Gasteiger partial charge on any atom is -0.268 e. The van der Waals surface area contributed by atoms with Gasteiger partial charge in [0.2, 0.25) is 10.0 Å². The van der Waals surface area contributed by atoms with Crippen LogP contribution in [0.5, 0.6) is 0 Å². The Morgan fingerprint density at radius 2 is 1.86 bits per heavy atom. The lowest BCUT2D eigenvalue weighted by atomic mass is 10.2. The molecule has 1 aromatic rings. The molecule has 1 rings (SSSR count). The largest absolute Gasteiger partial charge is 0.268 e. The smallest absolute Gasteiger partial charge is 0.246 e. The average Bonchev–Trinajstić information content (AvgIpc) is 2.72. The maximum Gasteiger partial charge on any atom is 0.246 e. The molecule has 0 aliphatic rings. The summed E-state index contributed by atoms with van der Waals surface area (Å²) in [7, 11) is -1.86. The second-order valence-corrected chi connectivity index (χ2v) is 7.57. The third-order valence-electron chi connectivity index (χ3n) is 3.91. The van der Waals surface area contributed by atoms with Gasteiger partial charge in [0.25, 0.3) is 0 Å². The van der Waals surface area contributed by atoms with Gasteiger partial charge in [0.05, 0.1) is 11.4 Å². The summed E-state index contributed by atoms with van der Waals surface area (Å²) in [6.45, 7) is 8.20. The minimum atomic E-state index is -3.51. The van der Waals surface area contributed by atoms with E-state index in [1.807, 2.05) is 20.8 Å². The topological polar surface area (TPSA) is 55.2 Å². The van der Waals surface area contributed by atoms with Crippen LogP contribution in [0.15, 0.2) is 4.90 Å². The Hall–Kier alpha value is -0.590. The molecule has 0 amide bonds. The van der Waals surface area contributed by atoms with Crippen molar-refractivity contribution in [3.63, 3.8) is 0 Å². The van der Waals surface area contributed by atoms with Crippen molar-refractivity contribution in [3.8, 4) is 0 Å². The fourth-order valence-electron chi connectivity index (χ4n) is 2.62. The SMILES string of the molecule is CCC(CC)N(C)S(=O)(=O)c1c(C)nn(CCCCl)c1C. The molecule has 0 bridgehead atoms. The van der Waals surface area contributed by atoms with Gasteiger partial charge in [0.15, 0.2) is 0 Å². The summed E-state index contributed by atoms with van der Waals surface area (Å²) in [6, 6.07) is 0.0139. The highest BCUT2D eigenvalue weighted by atomic mass is 35.5. The summed E-state index contributed by atoms with van der Waals surface area (Å²) in [5.41, 5.74) is 1.25. The maximum absolute atomic E-state index is 12.9. The van der Waals surface area contributed by atoms with E-state index in [-0.39, 0.29) is 6.04 Å². The molecule has 0 radical (unpaired) electrons. The zero-order chi connectivity index (χ0) is 16.2. The van der Waals surface area contributed by atoms with Gasteiger partial charge in [-0.15, -0.1) is 11.6 Å². The molecule has 0 saturated carbocycles. The predicted octanol–water partition coefficient (Wildman–Crippen LogP) is 2.94. The van der Waals surface area contributed by atoms with Crippen LogP contribution in [0.25, 0.3) is 0 Å². The third kappa shape index (κ3) is 3.79. The van der Waals surface area contributed by atoms with E-state index < -0.39 is 10.0 Å². The summed E-state index contributed by atoms with van der Waals surface area (Å²) < 4.78 is 29.0. The lowest BCUT2D eigenvalue weighted by Gasteiger charge is -2.25. The number of hydrogen-bond donors (Lipinski definition) is 0. The summed E-state index contributed by atoms with van der Waals surface area (Å²) >= 11 is 5.70. The zero-order valence-corrected chi connectivity index (χ0v) is 15.1. The average molecular weight is 336 g/mol. The van der Waals surface area contributed by atoms with Gasteiger partial charge in [-0.2, -0.15) is 9.40 Å². The molecule has 1 heterocycles. The summed E-state index contributed by atoms with van der Waals surface area (Å²) in [5, 5.41) is 4.36. The molecule has 122 valence electrons. The minimum absolute atomic E-state index is 0.0139. The highest BCUT2D eigenvalue weighted by Crippen LogP contribution is 2.25. The number of sulfonamides is 1. The van der Waals surface area contributed by atoms with E-state index in [1.165, 1.54) is 4.31 Å². The first-order valence-electron chi connectivity index (χ1n) is 7.39. The number of halogens is 1. The van der Waals surface area contributed by atoms with Crippen molar-refractivity contribution < 1.29 is 8.42 Å². The van der Waals surface area contributed by atoms with E-state index in [1.54, 1.807) is 18.7 Å². The number of aryl methyl sites for hydroxylation is 2. The molecule has 0 atom stereocenters. The molecule has 5 nitrogen and oxygen atoms in total. The van der Waals surface area contributed by atoms with Crippen molar-refractivity contribution in [2.24, 2.45) is 0 Å². The summed E-state index contributed by atoms with van der Waals surface area (Å²) in [4.78, 5) is 0.339. The monoisotopic (exact) mass is 335 g/mol. The standard InChI is InChI=1S/C14H26ClN3O2S/c1-6-13(7-2)17(5)21(19,20)14-11(3)16-18(12(14)4)10-8-9-15/h13H,6-10H2,1-5H3. The van der Waals surface area contributed by atoms with Crippen LogP contribution < -0.4 is 0 Å². The van der Waals surface area contributed by atoms with Crippen molar-refractivity contribution in [2.75, 3.05) is 12.9 Å². The molecular weight excluding hydrogens is 310 g/mol. The van der Waals surface area contributed by atoms with Crippen LogP contribution in [0.4, 0.5) is 0 Å². The van der Waals surface area contributed by atoms with Gasteiger partial charge in [-0.3, -0.25) is 4.68 Å². The zero-order valence-electron chi connectivity index (χ0n) is 13.6. The van der Waals surface area contributed by atoms with Crippen molar-refractivity contribution in [1.29, 1.82) is 0 Å². The van der Waals surface area contributed by atoms with Crippen LogP contribution in [0.2, 0.25) is 0 Å². The van der Waals surface area contributed by atoms with E-state index in [0.717, 1.165) is 19.3 Å². The van der Waals surface area contributed by atoms with Gasteiger partial charge < -0.3 is 0 Å². The van der Waals surface area contributed by atoms with Gasteiger partial charge in [-0.05, 0) is 33.1 Å². The molecular formula is C14H26ClN3O2S. The second kappa shape index (κ2) is 7.61. The maximum atomic E-state index is 12.9. The molecule has 0 spiro atoms. The molecule has 0 fully saturated rings. The van der Waals surface area contributed by atoms with Crippen LogP contribution in [-0.2, 0) is 16.6 Å². The first-order chi connectivity index (χ1) is 9.81. The molecule has 0 aliphatic carbocycles. The fraction of sp³-hybridized carbons (Fsp3) is 0.786. The first kappa shape index (κ1) is 18.5. The highest BCUT2D eigenvalue weighted by Gasteiger charge is 2.31. The number of nitrogens with zero attached hydrogens (tertiary/aromatic N) is 3. The van der Waals surface area contributed by atoms with Gasteiger partial charge >= 0.3 is 0 Å². The molecule has 0 aromatic carbocycles. The van der Waals surface area contributed by atoms with E-state index in [2.05, 4.69) is 5.10 Å². The number of alkyl halides is 1. The van der Waals surface area contributed by atoms with Gasteiger partial charge in [0.1, 0.15) is 4.90 Å². The van der Waals surface area contributed by atoms with E-state index in [0.29, 0.717) is 28.7 Å². The van der Waals surface area contributed by atoms with Crippen LogP contribution >= 0.6 is 11.6 Å². The Bertz CT molecular complexity index is 565. The van der Waals surface area contributed by atoms with Crippen LogP contribution in [0.1, 0.15) is 44.5 Å². The summed E-state index contributed by atoms with van der Waals surface area (Å²) in [6.07, 6.45) is 2.36. The lowest BCUT2D eigenvalue weighted by molar-refractivity contribution is 0.349. The van der Waals surface area contributed by atoms with Gasteiger partial charge in [-0.1, -0.05) is 13.8 Å². The Kier molecular flexibility index (Phi) is 6.69. The molecule has 7 heteroatoms. The Morgan fingerprint density at radius 3 is 2.33 bits per heavy atom. The fourth-order valence-corrected chi connectivity index (χ4v) is 4.62. The lowest BCUT2D eigenvalue weighted by Crippen LogP contribution is -2.36. The first-order valence-corrected chi connectivity index (χ1v) is 9.36. The van der Waals surface area contributed by atoms with Gasteiger partial charge in [0, 0.05) is 25.5 Å². The predicted molar refractivity (Wildman–Crippen MR) is 86.4 cm³/mol. The molecule has 1 aromatic heterocycles.